The molecule has 204 valence electrons. The Morgan fingerprint density at radius 2 is 1.45 bits per heavy atom. The van der Waals surface area contributed by atoms with Crippen molar-refractivity contribution < 1.29 is 23.6 Å². The van der Waals surface area contributed by atoms with E-state index in [9.17, 15) is 19.2 Å². The zero-order chi connectivity index (χ0) is 27.8. The molecule has 8 nitrogen and oxygen atoms in total. The number of nitrogens with zero attached hydrogens (tertiary/aromatic N) is 3. The predicted molar refractivity (Wildman–Crippen MR) is 145 cm³/mol. The van der Waals surface area contributed by atoms with Gasteiger partial charge in [-0.2, -0.15) is 0 Å². The zero-order valence-corrected chi connectivity index (χ0v) is 21.9. The van der Waals surface area contributed by atoms with Crippen LogP contribution < -0.4 is 5.32 Å². The van der Waals surface area contributed by atoms with E-state index in [1.165, 1.54) is 17.2 Å². The van der Waals surface area contributed by atoms with Crippen LogP contribution in [0.5, 0.6) is 0 Å². The lowest BCUT2D eigenvalue weighted by atomic mass is 9.96. The van der Waals surface area contributed by atoms with E-state index in [0.717, 1.165) is 31.1 Å². The van der Waals surface area contributed by atoms with Crippen LogP contribution in [0.3, 0.4) is 0 Å². The quantitative estimate of drug-likeness (QED) is 0.484. The van der Waals surface area contributed by atoms with E-state index in [0.29, 0.717) is 12.1 Å². The van der Waals surface area contributed by atoms with Crippen LogP contribution in [0.4, 0.5) is 4.39 Å². The molecule has 3 aromatic rings. The molecule has 3 aromatic carbocycles. The minimum absolute atomic E-state index is 0.0128. The second-order valence-electron chi connectivity index (χ2n) is 10.5. The van der Waals surface area contributed by atoms with Crippen LogP contribution in [0.25, 0.3) is 0 Å². The van der Waals surface area contributed by atoms with Gasteiger partial charge >= 0.3 is 0 Å². The number of amides is 4. The van der Waals surface area contributed by atoms with Crippen LogP contribution in [-0.4, -0.2) is 70.5 Å². The van der Waals surface area contributed by atoms with E-state index in [-0.39, 0.29) is 30.0 Å². The van der Waals surface area contributed by atoms with Crippen molar-refractivity contribution in [1.29, 1.82) is 0 Å². The Kier molecular flexibility index (Phi) is 7.00. The molecular formula is C31H29FN4O4. The second kappa shape index (κ2) is 10.7. The molecule has 0 radical (unpaired) electrons. The third-order valence-corrected chi connectivity index (χ3v) is 7.96. The van der Waals surface area contributed by atoms with Crippen molar-refractivity contribution >= 4 is 23.6 Å². The fourth-order valence-corrected chi connectivity index (χ4v) is 6.02. The minimum atomic E-state index is -1.12. The first-order valence-electron chi connectivity index (χ1n) is 13.5. The van der Waals surface area contributed by atoms with Crippen LogP contribution >= 0.6 is 0 Å². The van der Waals surface area contributed by atoms with Gasteiger partial charge in [0.05, 0.1) is 17.2 Å². The number of hydrogen-bond donors (Lipinski definition) is 1. The van der Waals surface area contributed by atoms with Crippen LogP contribution in [0, 0.1) is 5.82 Å². The van der Waals surface area contributed by atoms with Gasteiger partial charge in [-0.05, 0) is 35.2 Å². The molecule has 0 saturated carbocycles. The molecule has 40 heavy (non-hydrogen) atoms. The molecule has 3 aliphatic rings. The molecule has 6 rings (SSSR count). The smallest absolute Gasteiger partial charge is 0.265 e. The number of imide groups is 2. The summed E-state index contributed by atoms with van der Waals surface area (Å²) in [6, 6.07) is 22.7. The number of benzene rings is 3. The lowest BCUT2D eigenvalue weighted by Crippen LogP contribution is -2.54. The Morgan fingerprint density at radius 1 is 0.825 bits per heavy atom. The van der Waals surface area contributed by atoms with Gasteiger partial charge < -0.3 is 0 Å². The van der Waals surface area contributed by atoms with E-state index in [4.69, 9.17) is 0 Å². The van der Waals surface area contributed by atoms with Crippen LogP contribution in [0.1, 0.15) is 56.3 Å². The first-order chi connectivity index (χ1) is 19.4. The summed E-state index contributed by atoms with van der Waals surface area (Å²) in [5.41, 5.74) is 2.71. The molecule has 3 aliphatic heterocycles. The standard InChI is InChI=1S/C31H29FN4O4/c32-24-18-20(17-23-27(24)31(40)36(30(23)39)25-11-12-26(37)33-29(25)38)19-34-13-15-35(16-14-34)28(21-7-3-1-4-8-21)22-9-5-2-6-10-22/h1-10,17-18,25,28H,11-16,19H2,(H,33,37,38). The summed E-state index contributed by atoms with van der Waals surface area (Å²) < 4.78 is 15.2. The molecule has 0 spiro atoms. The highest BCUT2D eigenvalue weighted by atomic mass is 19.1. The second-order valence-corrected chi connectivity index (χ2v) is 10.5. The monoisotopic (exact) mass is 540 g/mol. The minimum Gasteiger partial charge on any atom is -0.297 e. The van der Waals surface area contributed by atoms with Crippen molar-refractivity contribution in [1.82, 2.24) is 20.0 Å². The molecule has 9 heteroatoms. The molecule has 2 saturated heterocycles. The Bertz CT molecular complexity index is 1430. The molecule has 0 bridgehead atoms. The van der Waals surface area contributed by atoms with Crippen molar-refractivity contribution in [2.75, 3.05) is 26.2 Å². The molecule has 1 N–H and O–H groups in total. The lowest BCUT2D eigenvalue weighted by molar-refractivity contribution is -0.136. The maximum atomic E-state index is 15.2. The largest absolute Gasteiger partial charge is 0.297 e. The number of nitrogens with one attached hydrogen (secondary N) is 1. The number of piperazine rings is 1. The van der Waals surface area contributed by atoms with Gasteiger partial charge in [0.1, 0.15) is 11.9 Å². The lowest BCUT2D eigenvalue weighted by Gasteiger charge is -2.40. The van der Waals surface area contributed by atoms with Crippen LogP contribution in [0.15, 0.2) is 72.8 Å². The molecule has 2 fully saturated rings. The maximum absolute atomic E-state index is 15.2. The van der Waals surface area contributed by atoms with Crippen molar-refractivity contribution in [2.45, 2.75) is 31.5 Å². The number of rotatable bonds is 6. The van der Waals surface area contributed by atoms with E-state index in [2.05, 4.69) is 63.6 Å². The normalized spacial score (nSPS) is 20.2. The van der Waals surface area contributed by atoms with Gasteiger partial charge in [0.25, 0.3) is 11.8 Å². The summed E-state index contributed by atoms with van der Waals surface area (Å²) in [6.45, 7) is 3.55. The molecule has 3 heterocycles. The van der Waals surface area contributed by atoms with Crippen molar-refractivity contribution in [3.8, 4) is 0 Å². The topological polar surface area (TPSA) is 90.0 Å². The van der Waals surface area contributed by atoms with Crippen LogP contribution in [-0.2, 0) is 16.1 Å². The first-order valence-corrected chi connectivity index (χ1v) is 13.5. The molecule has 0 aromatic heterocycles. The molecule has 1 unspecified atom stereocenters. The fourth-order valence-electron chi connectivity index (χ4n) is 6.02. The van der Waals surface area contributed by atoms with Gasteiger partial charge in [0, 0.05) is 39.1 Å². The van der Waals surface area contributed by atoms with Crippen molar-refractivity contribution in [3.63, 3.8) is 0 Å². The highest BCUT2D eigenvalue weighted by molar-refractivity contribution is 6.23. The number of fused-ring (bicyclic) bond motifs is 1. The third-order valence-electron chi connectivity index (χ3n) is 7.96. The SMILES string of the molecule is O=C1CCC(N2C(=O)c3cc(CN4CCN(C(c5ccccc5)c5ccccc5)CC4)cc(F)c3C2=O)C(=O)N1. The van der Waals surface area contributed by atoms with E-state index in [1.54, 1.807) is 6.07 Å². The number of halogens is 1. The number of hydrogen-bond acceptors (Lipinski definition) is 6. The Hall–Kier alpha value is -4.21. The summed E-state index contributed by atoms with van der Waals surface area (Å²) in [6.07, 6.45) is 0.0424. The predicted octanol–water partition coefficient (Wildman–Crippen LogP) is 3.13. The molecular weight excluding hydrogens is 511 g/mol. The number of piperidine rings is 1. The van der Waals surface area contributed by atoms with Gasteiger partial charge in [-0.25, -0.2) is 4.39 Å². The molecule has 4 amide bonds. The highest BCUT2D eigenvalue weighted by Crippen LogP contribution is 2.32. The van der Waals surface area contributed by atoms with Gasteiger partial charge in [0.2, 0.25) is 11.8 Å². The Labute approximate surface area is 231 Å². The number of carbonyl (C=O) groups is 4. The van der Waals surface area contributed by atoms with Crippen molar-refractivity contribution in [3.05, 3.63) is 106 Å². The maximum Gasteiger partial charge on any atom is 0.265 e. The van der Waals surface area contributed by atoms with Gasteiger partial charge in [-0.3, -0.25) is 39.2 Å². The van der Waals surface area contributed by atoms with Crippen molar-refractivity contribution in [2.24, 2.45) is 0 Å². The van der Waals surface area contributed by atoms with Gasteiger partial charge in [0.15, 0.2) is 0 Å². The molecule has 1 atom stereocenters. The number of carbonyl (C=O) groups excluding carboxylic acids is 4. The first kappa shape index (κ1) is 26.0. The average molecular weight is 541 g/mol. The summed E-state index contributed by atoms with van der Waals surface area (Å²) >= 11 is 0. The Morgan fingerprint density at radius 3 is 2.05 bits per heavy atom. The zero-order valence-electron chi connectivity index (χ0n) is 21.9. The fraction of sp³-hybridized carbons (Fsp3) is 0.290. The van der Waals surface area contributed by atoms with E-state index in [1.807, 2.05) is 12.1 Å². The summed E-state index contributed by atoms with van der Waals surface area (Å²) in [4.78, 5) is 55.4. The third kappa shape index (κ3) is 4.82. The molecule has 0 aliphatic carbocycles. The average Bonchev–Trinajstić information content (AvgIpc) is 3.21. The van der Waals surface area contributed by atoms with E-state index < -0.39 is 35.5 Å². The highest BCUT2D eigenvalue weighted by Gasteiger charge is 2.46. The Balaban J connectivity index is 1.16. The summed E-state index contributed by atoms with van der Waals surface area (Å²) in [7, 11) is 0. The van der Waals surface area contributed by atoms with Crippen LogP contribution in [0.2, 0.25) is 0 Å². The summed E-state index contributed by atoms with van der Waals surface area (Å²) in [5, 5.41) is 2.16. The van der Waals surface area contributed by atoms with Gasteiger partial charge in [-0.15, -0.1) is 0 Å². The van der Waals surface area contributed by atoms with Gasteiger partial charge in [-0.1, -0.05) is 60.7 Å². The summed E-state index contributed by atoms with van der Waals surface area (Å²) in [5.74, 6) is -3.47. The van der Waals surface area contributed by atoms with E-state index >= 15 is 4.39 Å².